The van der Waals surface area contributed by atoms with Crippen molar-refractivity contribution in [1.82, 2.24) is 19.4 Å². The second-order valence-corrected chi connectivity index (χ2v) is 8.19. The molecule has 1 fully saturated rings. The Morgan fingerprint density at radius 1 is 0.875 bits per heavy atom. The molecule has 1 aliphatic heterocycles. The van der Waals surface area contributed by atoms with Crippen LogP contribution < -0.4 is 0 Å². The number of rotatable bonds is 5. The van der Waals surface area contributed by atoms with Crippen molar-refractivity contribution in [2.24, 2.45) is 0 Å². The van der Waals surface area contributed by atoms with E-state index in [1.807, 2.05) is 12.1 Å². The van der Waals surface area contributed by atoms with Crippen LogP contribution >= 0.6 is 0 Å². The van der Waals surface area contributed by atoms with Gasteiger partial charge in [-0.3, -0.25) is 4.90 Å². The van der Waals surface area contributed by atoms with Gasteiger partial charge < -0.3 is 8.98 Å². The summed E-state index contributed by atoms with van der Waals surface area (Å²) in [6.07, 6.45) is 0.877. The molecule has 3 heterocycles. The Morgan fingerprint density at radius 3 is 2.38 bits per heavy atom. The highest BCUT2D eigenvalue weighted by molar-refractivity contribution is 5.76. The number of benzene rings is 2. The first kappa shape index (κ1) is 20.8. The largest absolute Gasteiger partial charge is 0.449 e. The molecule has 1 aliphatic rings. The molecule has 0 radical (unpaired) electrons. The Morgan fingerprint density at radius 2 is 1.62 bits per heavy atom. The molecular weight excluding hydrogens is 417 g/mol. The van der Waals surface area contributed by atoms with E-state index in [1.165, 1.54) is 23.8 Å². The number of oxazole rings is 1. The molecule has 8 heteroatoms. The number of halogens is 3. The zero-order valence-electron chi connectivity index (χ0n) is 17.5. The van der Waals surface area contributed by atoms with Crippen LogP contribution in [-0.2, 0) is 19.3 Å². The van der Waals surface area contributed by atoms with Crippen molar-refractivity contribution in [3.63, 3.8) is 0 Å². The Labute approximate surface area is 183 Å². The maximum Gasteiger partial charge on any atom is 0.449 e. The highest BCUT2D eigenvalue weighted by Crippen LogP contribution is 2.32. The summed E-state index contributed by atoms with van der Waals surface area (Å²) in [4.78, 5) is 10.8. The Hall–Kier alpha value is -3.13. The molecular formula is C24H23F3N4O. The van der Waals surface area contributed by atoms with Gasteiger partial charge in [-0.1, -0.05) is 30.7 Å². The number of imidazole rings is 1. The first-order chi connectivity index (χ1) is 15.5. The van der Waals surface area contributed by atoms with Crippen LogP contribution in [0.5, 0.6) is 0 Å². The molecule has 5 rings (SSSR count). The van der Waals surface area contributed by atoms with E-state index in [2.05, 4.69) is 14.9 Å². The fourth-order valence-corrected chi connectivity index (χ4v) is 4.25. The summed E-state index contributed by atoms with van der Waals surface area (Å²) in [6.45, 7) is 3.01. The average molecular weight is 440 g/mol. The van der Waals surface area contributed by atoms with Crippen LogP contribution in [-0.4, -0.2) is 32.5 Å². The maximum absolute atomic E-state index is 13.5. The molecule has 0 N–H and O–H groups in total. The number of aromatic nitrogens is 3. The van der Waals surface area contributed by atoms with Crippen LogP contribution in [0.4, 0.5) is 13.2 Å². The zero-order chi connectivity index (χ0) is 22.1. The predicted octanol–water partition coefficient (Wildman–Crippen LogP) is 5.74. The van der Waals surface area contributed by atoms with E-state index in [0.29, 0.717) is 16.9 Å². The Balaban J connectivity index is 1.35. The minimum absolute atomic E-state index is 0.0709. The number of piperidine rings is 1. The van der Waals surface area contributed by atoms with E-state index in [9.17, 15) is 13.2 Å². The molecule has 0 aliphatic carbocycles. The molecule has 1 saturated heterocycles. The first-order valence-electron chi connectivity index (χ1n) is 10.8. The van der Waals surface area contributed by atoms with Gasteiger partial charge in [0.1, 0.15) is 6.26 Å². The second-order valence-electron chi connectivity index (χ2n) is 8.19. The molecule has 166 valence electrons. The smallest absolute Gasteiger partial charge is 0.444 e. The van der Waals surface area contributed by atoms with Gasteiger partial charge in [-0.05, 0) is 55.8 Å². The van der Waals surface area contributed by atoms with Gasteiger partial charge in [-0.15, -0.1) is 0 Å². The molecule has 0 amide bonds. The van der Waals surface area contributed by atoms with Crippen LogP contribution in [0.15, 0.2) is 59.2 Å². The fraction of sp³-hybridized carbons (Fsp3) is 0.333. The third-order valence-corrected chi connectivity index (χ3v) is 5.84. The van der Waals surface area contributed by atoms with Crippen LogP contribution in [0.3, 0.4) is 0 Å². The van der Waals surface area contributed by atoms with Gasteiger partial charge in [0.15, 0.2) is 0 Å². The summed E-state index contributed by atoms with van der Waals surface area (Å²) >= 11 is 0. The molecule has 0 spiro atoms. The molecule has 2 aromatic heterocycles. The number of alkyl halides is 3. The number of para-hydroxylation sites is 2. The number of hydrogen-bond donors (Lipinski definition) is 0. The van der Waals surface area contributed by atoms with Crippen molar-refractivity contribution < 1.29 is 17.6 Å². The van der Waals surface area contributed by atoms with Crippen molar-refractivity contribution in [1.29, 1.82) is 0 Å². The summed E-state index contributed by atoms with van der Waals surface area (Å²) < 4.78 is 47.5. The van der Waals surface area contributed by atoms with Gasteiger partial charge in [-0.25, -0.2) is 9.97 Å². The Kier molecular flexibility index (Phi) is 5.46. The summed E-state index contributed by atoms with van der Waals surface area (Å²) in [6, 6.07) is 13.9. The highest BCUT2D eigenvalue weighted by atomic mass is 19.4. The number of likely N-dealkylation sites (tertiary alicyclic amines) is 1. The molecule has 32 heavy (non-hydrogen) atoms. The number of nitrogens with zero attached hydrogens (tertiary/aromatic N) is 4. The lowest BCUT2D eigenvalue weighted by Crippen LogP contribution is -2.29. The third-order valence-electron chi connectivity index (χ3n) is 5.84. The SMILES string of the molecule is FC(F)(F)c1nc2ccccc2n1Cc1ccc(-c2nc(CN3CCCCC3)co2)cc1. The van der Waals surface area contributed by atoms with E-state index in [0.717, 1.165) is 36.5 Å². The maximum atomic E-state index is 13.5. The van der Waals surface area contributed by atoms with Crippen molar-refractivity contribution in [2.45, 2.75) is 38.5 Å². The molecule has 2 aromatic carbocycles. The number of fused-ring (bicyclic) bond motifs is 1. The normalized spacial score (nSPS) is 15.5. The van der Waals surface area contributed by atoms with Crippen molar-refractivity contribution in [3.05, 3.63) is 71.9 Å². The van der Waals surface area contributed by atoms with Crippen molar-refractivity contribution in [2.75, 3.05) is 13.1 Å². The van der Waals surface area contributed by atoms with E-state index in [1.54, 1.807) is 42.7 Å². The third kappa shape index (κ3) is 4.27. The van der Waals surface area contributed by atoms with Gasteiger partial charge in [0.05, 0.1) is 16.7 Å². The van der Waals surface area contributed by atoms with Gasteiger partial charge in [0.2, 0.25) is 11.7 Å². The lowest BCUT2D eigenvalue weighted by Gasteiger charge is -2.25. The molecule has 0 bridgehead atoms. The summed E-state index contributed by atoms with van der Waals surface area (Å²) in [5.41, 5.74) is 3.22. The topological polar surface area (TPSA) is 47.1 Å². The molecule has 5 nitrogen and oxygen atoms in total. The van der Waals surface area contributed by atoms with Crippen LogP contribution in [0.25, 0.3) is 22.5 Å². The minimum atomic E-state index is -4.53. The van der Waals surface area contributed by atoms with Gasteiger partial charge in [-0.2, -0.15) is 13.2 Å². The van der Waals surface area contributed by atoms with E-state index >= 15 is 0 Å². The van der Waals surface area contributed by atoms with Crippen LogP contribution in [0, 0.1) is 0 Å². The lowest BCUT2D eigenvalue weighted by atomic mass is 10.1. The standard InChI is InChI=1S/C24H23F3N4O/c25-24(26,27)23-29-20-6-2-3-7-21(20)31(23)14-17-8-10-18(11-9-17)22-28-19(16-32-22)15-30-12-4-1-5-13-30/h2-3,6-11,16H,1,4-5,12-15H2. The van der Waals surface area contributed by atoms with E-state index in [4.69, 9.17) is 4.42 Å². The monoisotopic (exact) mass is 440 g/mol. The van der Waals surface area contributed by atoms with Crippen molar-refractivity contribution in [3.8, 4) is 11.5 Å². The Bertz CT molecular complexity index is 1200. The lowest BCUT2D eigenvalue weighted by molar-refractivity contribution is -0.146. The van der Waals surface area contributed by atoms with Crippen LogP contribution in [0.1, 0.15) is 36.3 Å². The minimum Gasteiger partial charge on any atom is -0.444 e. The molecule has 0 saturated carbocycles. The quantitative estimate of drug-likeness (QED) is 0.397. The van der Waals surface area contributed by atoms with Gasteiger partial charge in [0, 0.05) is 18.7 Å². The predicted molar refractivity (Wildman–Crippen MR) is 115 cm³/mol. The highest BCUT2D eigenvalue weighted by Gasteiger charge is 2.37. The number of hydrogen-bond acceptors (Lipinski definition) is 4. The van der Waals surface area contributed by atoms with Crippen molar-refractivity contribution >= 4 is 11.0 Å². The fourth-order valence-electron chi connectivity index (χ4n) is 4.25. The van der Waals surface area contributed by atoms with Gasteiger partial charge in [0.25, 0.3) is 0 Å². The molecule has 4 aromatic rings. The summed E-state index contributed by atoms with van der Waals surface area (Å²) in [7, 11) is 0. The zero-order valence-corrected chi connectivity index (χ0v) is 17.5. The molecule has 0 unspecified atom stereocenters. The summed E-state index contributed by atoms with van der Waals surface area (Å²) in [5.74, 6) is -0.370. The second kappa shape index (κ2) is 8.43. The molecule has 0 atom stereocenters. The van der Waals surface area contributed by atoms with Crippen LogP contribution in [0.2, 0.25) is 0 Å². The van der Waals surface area contributed by atoms with E-state index < -0.39 is 12.0 Å². The van der Waals surface area contributed by atoms with E-state index in [-0.39, 0.29) is 6.54 Å². The van der Waals surface area contributed by atoms with Gasteiger partial charge >= 0.3 is 6.18 Å². The average Bonchev–Trinajstić information content (AvgIpc) is 3.40. The summed E-state index contributed by atoms with van der Waals surface area (Å²) in [5, 5.41) is 0. The first-order valence-corrected chi connectivity index (χ1v) is 10.8.